The summed E-state index contributed by atoms with van der Waals surface area (Å²) in [6.45, 7) is 6.24. The molecule has 5 heteroatoms. The topological polar surface area (TPSA) is 57.8 Å². The van der Waals surface area contributed by atoms with E-state index in [0.717, 1.165) is 38.1 Å². The van der Waals surface area contributed by atoms with Gasteiger partial charge >= 0.3 is 0 Å². The third-order valence-electron chi connectivity index (χ3n) is 5.68. The minimum Gasteiger partial charge on any atom is -0.505 e. The van der Waals surface area contributed by atoms with Crippen molar-refractivity contribution in [1.29, 1.82) is 0 Å². The van der Waals surface area contributed by atoms with Gasteiger partial charge in [0.25, 0.3) is 0 Å². The summed E-state index contributed by atoms with van der Waals surface area (Å²) in [5, 5.41) is 22.0. The molecular formula is C26H21N3OS. The fourth-order valence-electron chi connectivity index (χ4n) is 3.73. The van der Waals surface area contributed by atoms with Gasteiger partial charge in [-0.15, -0.1) is 16.5 Å². The smallest absolute Gasteiger partial charge is 0.150 e. The number of phenolic OH excluding ortho intramolecular Hbond substituents is 1. The van der Waals surface area contributed by atoms with Gasteiger partial charge < -0.3 is 5.11 Å². The van der Waals surface area contributed by atoms with Gasteiger partial charge in [0.2, 0.25) is 0 Å². The van der Waals surface area contributed by atoms with Crippen molar-refractivity contribution in [1.82, 2.24) is 4.98 Å². The van der Waals surface area contributed by atoms with Gasteiger partial charge in [-0.3, -0.25) is 0 Å². The highest BCUT2D eigenvalue weighted by Gasteiger charge is 2.10. The van der Waals surface area contributed by atoms with E-state index in [1.165, 1.54) is 15.8 Å². The van der Waals surface area contributed by atoms with E-state index in [-0.39, 0.29) is 5.75 Å². The van der Waals surface area contributed by atoms with Gasteiger partial charge in [-0.2, -0.15) is 5.11 Å². The Kier molecular flexibility index (Phi) is 4.75. The van der Waals surface area contributed by atoms with Gasteiger partial charge in [-0.1, -0.05) is 30.3 Å². The van der Waals surface area contributed by atoms with Gasteiger partial charge in [0, 0.05) is 10.9 Å². The molecule has 0 radical (unpaired) electrons. The Hall–Kier alpha value is -3.57. The lowest BCUT2D eigenvalue weighted by molar-refractivity contribution is 0.482. The molecule has 0 aliphatic heterocycles. The molecule has 0 aliphatic carbocycles. The molecule has 0 amide bonds. The van der Waals surface area contributed by atoms with Crippen LogP contribution < -0.4 is 0 Å². The van der Waals surface area contributed by atoms with Crippen LogP contribution >= 0.6 is 11.3 Å². The van der Waals surface area contributed by atoms with Crippen LogP contribution in [0.2, 0.25) is 0 Å². The molecule has 0 fully saturated rings. The first-order valence-corrected chi connectivity index (χ1v) is 10.9. The molecule has 4 aromatic carbocycles. The highest BCUT2D eigenvalue weighted by molar-refractivity contribution is 7.21. The van der Waals surface area contributed by atoms with Crippen LogP contribution in [0.15, 0.2) is 77.0 Å². The van der Waals surface area contributed by atoms with Gasteiger partial charge in [0.05, 0.1) is 15.9 Å². The molecule has 0 bridgehead atoms. The quantitative estimate of drug-likeness (QED) is 0.298. The SMILES string of the molecule is Cc1ccc2sc(-c3ccc(/N=N/c4cc(C)c5ccccc5c4O)cc3)nc2c1C. The maximum atomic E-state index is 10.6. The monoisotopic (exact) mass is 423 g/mol. The summed E-state index contributed by atoms with van der Waals surface area (Å²) in [5.74, 6) is 0.154. The molecule has 1 heterocycles. The van der Waals surface area contributed by atoms with E-state index in [9.17, 15) is 5.11 Å². The van der Waals surface area contributed by atoms with Crippen molar-refractivity contribution < 1.29 is 5.11 Å². The molecule has 31 heavy (non-hydrogen) atoms. The number of aromatic nitrogens is 1. The minimum absolute atomic E-state index is 0.154. The predicted octanol–water partition coefficient (Wildman–Crippen LogP) is 8.16. The van der Waals surface area contributed by atoms with Gasteiger partial charge in [-0.05, 0) is 79.2 Å². The van der Waals surface area contributed by atoms with Gasteiger partial charge in [0.15, 0.2) is 5.75 Å². The number of thiazole rings is 1. The molecule has 5 rings (SSSR count). The number of hydrogen-bond donors (Lipinski definition) is 1. The predicted molar refractivity (Wildman–Crippen MR) is 129 cm³/mol. The summed E-state index contributed by atoms with van der Waals surface area (Å²) >= 11 is 1.70. The van der Waals surface area contributed by atoms with Gasteiger partial charge in [-0.25, -0.2) is 4.98 Å². The van der Waals surface area contributed by atoms with E-state index >= 15 is 0 Å². The zero-order valence-electron chi connectivity index (χ0n) is 17.5. The van der Waals surface area contributed by atoms with Crippen molar-refractivity contribution >= 4 is 43.7 Å². The number of aryl methyl sites for hydroxylation is 3. The summed E-state index contributed by atoms with van der Waals surface area (Å²) in [6, 6.07) is 21.8. The van der Waals surface area contributed by atoms with Crippen molar-refractivity contribution in [2.75, 3.05) is 0 Å². The second-order valence-electron chi connectivity index (χ2n) is 7.73. The van der Waals surface area contributed by atoms with E-state index in [1.54, 1.807) is 11.3 Å². The van der Waals surface area contributed by atoms with Crippen molar-refractivity contribution in [2.24, 2.45) is 10.2 Å². The Bertz CT molecular complexity index is 1470. The Morgan fingerprint density at radius 3 is 2.32 bits per heavy atom. The number of benzene rings is 4. The molecule has 0 saturated heterocycles. The molecule has 0 atom stereocenters. The summed E-state index contributed by atoms with van der Waals surface area (Å²) in [7, 11) is 0. The molecule has 0 unspecified atom stereocenters. The van der Waals surface area contributed by atoms with Crippen molar-refractivity contribution in [3.63, 3.8) is 0 Å². The highest BCUT2D eigenvalue weighted by Crippen LogP contribution is 2.38. The van der Waals surface area contributed by atoms with E-state index in [0.29, 0.717) is 5.69 Å². The average Bonchev–Trinajstić information content (AvgIpc) is 3.23. The Morgan fingerprint density at radius 1 is 0.806 bits per heavy atom. The lowest BCUT2D eigenvalue weighted by atomic mass is 10.0. The number of nitrogens with zero attached hydrogens (tertiary/aromatic N) is 3. The van der Waals surface area contributed by atoms with Crippen molar-refractivity contribution in [2.45, 2.75) is 20.8 Å². The fourth-order valence-corrected chi connectivity index (χ4v) is 4.76. The van der Waals surface area contributed by atoms with Gasteiger partial charge in [0.1, 0.15) is 10.7 Å². The molecule has 152 valence electrons. The molecule has 1 aromatic heterocycles. The lowest BCUT2D eigenvalue weighted by Crippen LogP contribution is -1.82. The fraction of sp³-hybridized carbons (Fsp3) is 0.115. The normalized spacial score (nSPS) is 11.7. The number of rotatable bonds is 3. The molecule has 4 nitrogen and oxygen atoms in total. The Morgan fingerprint density at radius 2 is 1.55 bits per heavy atom. The average molecular weight is 424 g/mol. The van der Waals surface area contributed by atoms with E-state index in [4.69, 9.17) is 4.98 Å². The second kappa shape index (κ2) is 7.60. The van der Waals surface area contributed by atoms with Crippen molar-refractivity contribution in [3.8, 4) is 16.3 Å². The number of azo groups is 1. The first-order chi connectivity index (χ1) is 15.0. The molecule has 0 aliphatic rings. The summed E-state index contributed by atoms with van der Waals surface area (Å²) < 4.78 is 1.20. The number of fused-ring (bicyclic) bond motifs is 2. The van der Waals surface area contributed by atoms with Crippen LogP contribution in [0.1, 0.15) is 16.7 Å². The van der Waals surface area contributed by atoms with Crippen LogP contribution in [-0.4, -0.2) is 10.1 Å². The molecule has 0 saturated carbocycles. The second-order valence-corrected chi connectivity index (χ2v) is 8.76. The first kappa shape index (κ1) is 19.4. The van der Waals surface area contributed by atoms with E-state index < -0.39 is 0 Å². The standard InChI is InChI=1S/C26H21N3OS/c1-15-8-13-23-24(17(15)3)27-26(31-23)18-9-11-19(12-10-18)28-29-22-14-16(2)20-6-4-5-7-21(20)25(22)30/h4-14,30H,1-3H3/b29-28+. The van der Waals surface area contributed by atoms with Crippen LogP contribution in [0.5, 0.6) is 5.75 Å². The first-order valence-electron chi connectivity index (χ1n) is 10.1. The third kappa shape index (κ3) is 3.47. The lowest BCUT2D eigenvalue weighted by Gasteiger charge is -2.07. The number of phenols is 1. The van der Waals surface area contributed by atoms with Crippen LogP contribution in [-0.2, 0) is 0 Å². The van der Waals surface area contributed by atoms with Crippen LogP contribution in [0.25, 0.3) is 31.6 Å². The summed E-state index contributed by atoms with van der Waals surface area (Å²) in [6.07, 6.45) is 0. The molecule has 5 aromatic rings. The minimum atomic E-state index is 0.154. The van der Waals surface area contributed by atoms with E-state index in [1.807, 2.05) is 61.5 Å². The van der Waals surface area contributed by atoms with Crippen LogP contribution in [0.4, 0.5) is 11.4 Å². The Balaban J connectivity index is 1.45. The number of aromatic hydroxyl groups is 1. The van der Waals surface area contributed by atoms with E-state index in [2.05, 4.69) is 36.2 Å². The maximum Gasteiger partial charge on any atom is 0.150 e. The largest absolute Gasteiger partial charge is 0.505 e. The number of hydrogen-bond acceptors (Lipinski definition) is 5. The zero-order valence-corrected chi connectivity index (χ0v) is 18.4. The molecule has 1 N–H and O–H groups in total. The summed E-state index contributed by atoms with van der Waals surface area (Å²) in [5.41, 5.74) is 6.87. The van der Waals surface area contributed by atoms with Crippen LogP contribution in [0.3, 0.4) is 0 Å². The highest BCUT2D eigenvalue weighted by atomic mass is 32.1. The third-order valence-corrected chi connectivity index (χ3v) is 6.74. The van der Waals surface area contributed by atoms with Crippen molar-refractivity contribution in [3.05, 3.63) is 83.4 Å². The van der Waals surface area contributed by atoms with Crippen LogP contribution in [0, 0.1) is 20.8 Å². The zero-order chi connectivity index (χ0) is 21.5. The maximum absolute atomic E-state index is 10.6. The molecule has 0 spiro atoms. The Labute approximate surface area is 184 Å². The molecular weight excluding hydrogens is 402 g/mol. The summed E-state index contributed by atoms with van der Waals surface area (Å²) in [4.78, 5) is 4.85.